The first kappa shape index (κ1) is 15.2. The van der Waals surface area contributed by atoms with Crippen LogP contribution in [-0.2, 0) is 23.3 Å². The number of rotatable bonds is 5. The summed E-state index contributed by atoms with van der Waals surface area (Å²) in [7, 11) is 0. The van der Waals surface area contributed by atoms with Gasteiger partial charge in [-0.1, -0.05) is 24.3 Å². The molecule has 112 valence electrons. The quantitative estimate of drug-likeness (QED) is 0.876. The standard InChI is InChI=1S/C15H21N5O/c1-4-11-5-7-12(8-6-11)17-14(21)10-20-9-13(18-19-20)15(2,3)16/h5-9H,4,10,16H2,1-3H3,(H,17,21). The maximum atomic E-state index is 12.0. The minimum atomic E-state index is -0.565. The molecule has 0 aliphatic heterocycles. The van der Waals surface area contributed by atoms with Gasteiger partial charge in [-0.05, 0) is 38.0 Å². The fraction of sp³-hybridized carbons (Fsp3) is 0.400. The van der Waals surface area contributed by atoms with Crippen molar-refractivity contribution < 1.29 is 4.79 Å². The van der Waals surface area contributed by atoms with Gasteiger partial charge < -0.3 is 11.1 Å². The number of carbonyl (C=O) groups is 1. The largest absolute Gasteiger partial charge is 0.324 e. The van der Waals surface area contributed by atoms with Crippen molar-refractivity contribution in [3.8, 4) is 0 Å². The highest BCUT2D eigenvalue weighted by atomic mass is 16.2. The lowest BCUT2D eigenvalue weighted by Crippen LogP contribution is -2.29. The van der Waals surface area contributed by atoms with Crippen molar-refractivity contribution in [2.45, 2.75) is 39.3 Å². The van der Waals surface area contributed by atoms with Gasteiger partial charge in [-0.15, -0.1) is 5.10 Å². The topological polar surface area (TPSA) is 85.8 Å². The summed E-state index contributed by atoms with van der Waals surface area (Å²) in [5.74, 6) is -0.148. The molecule has 1 amide bonds. The molecule has 6 heteroatoms. The Morgan fingerprint density at radius 3 is 2.52 bits per heavy atom. The van der Waals surface area contributed by atoms with E-state index in [1.807, 2.05) is 38.1 Å². The average molecular weight is 287 g/mol. The normalized spacial score (nSPS) is 11.4. The summed E-state index contributed by atoms with van der Waals surface area (Å²) in [5.41, 5.74) is 8.04. The number of nitrogens with zero attached hydrogens (tertiary/aromatic N) is 3. The number of carbonyl (C=O) groups excluding carboxylic acids is 1. The van der Waals surface area contributed by atoms with Crippen molar-refractivity contribution in [1.29, 1.82) is 0 Å². The second-order valence-corrected chi connectivity index (χ2v) is 5.62. The molecule has 0 spiro atoms. The van der Waals surface area contributed by atoms with Crippen molar-refractivity contribution in [2.75, 3.05) is 5.32 Å². The number of anilines is 1. The highest BCUT2D eigenvalue weighted by molar-refractivity contribution is 5.90. The first-order chi connectivity index (χ1) is 9.88. The average Bonchev–Trinajstić information content (AvgIpc) is 2.88. The van der Waals surface area contributed by atoms with Crippen LogP contribution < -0.4 is 11.1 Å². The zero-order valence-corrected chi connectivity index (χ0v) is 12.6. The molecule has 0 unspecified atom stereocenters. The predicted molar refractivity (Wildman–Crippen MR) is 81.7 cm³/mol. The van der Waals surface area contributed by atoms with Gasteiger partial charge in [-0.2, -0.15) is 0 Å². The first-order valence-electron chi connectivity index (χ1n) is 6.97. The highest BCUT2D eigenvalue weighted by Crippen LogP contribution is 2.13. The van der Waals surface area contributed by atoms with Crippen LogP contribution in [0.4, 0.5) is 5.69 Å². The van der Waals surface area contributed by atoms with E-state index in [9.17, 15) is 4.79 Å². The number of amides is 1. The summed E-state index contributed by atoms with van der Waals surface area (Å²) in [4.78, 5) is 12.0. The molecular formula is C15H21N5O. The molecule has 0 fully saturated rings. The van der Waals surface area contributed by atoms with Gasteiger partial charge in [0, 0.05) is 5.69 Å². The van der Waals surface area contributed by atoms with Gasteiger partial charge >= 0.3 is 0 Å². The maximum absolute atomic E-state index is 12.0. The van der Waals surface area contributed by atoms with Crippen molar-refractivity contribution >= 4 is 11.6 Å². The minimum Gasteiger partial charge on any atom is -0.324 e. The van der Waals surface area contributed by atoms with Gasteiger partial charge in [0.15, 0.2) is 0 Å². The zero-order chi connectivity index (χ0) is 15.5. The van der Waals surface area contributed by atoms with Crippen LogP contribution in [0.15, 0.2) is 30.5 Å². The van der Waals surface area contributed by atoms with Crippen molar-refractivity contribution in [1.82, 2.24) is 15.0 Å². The molecule has 0 aliphatic rings. The summed E-state index contributed by atoms with van der Waals surface area (Å²) in [6, 6.07) is 7.79. The van der Waals surface area contributed by atoms with Crippen LogP contribution >= 0.6 is 0 Å². The smallest absolute Gasteiger partial charge is 0.246 e. The van der Waals surface area contributed by atoms with E-state index < -0.39 is 5.54 Å². The van der Waals surface area contributed by atoms with E-state index in [4.69, 9.17) is 5.73 Å². The molecule has 0 radical (unpaired) electrons. The van der Waals surface area contributed by atoms with Crippen molar-refractivity contribution in [2.24, 2.45) is 5.73 Å². The van der Waals surface area contributed by atoms with E-state index in [0.29, 0.717) is 5.69 Å². The summed E-state index contributed by atoms with van der Waals surface area (Å²) in [5, 5.41) is 10.7. The molecule has 0 bridgehead atoms. The molecule has 0 saturated heterocycles. The van der Waals surface area contributed by atoms with Gasteiger partial charge in [-0.3, -0.25) is 4.79 Å². The molecule has 1 aromatic heterocycles. The van der Waals surface area contributed by atoms with Gasteiger partial charge in [0.2, 0.25) is 5.91 Å². The molecule has 2 aromatic rings. The van der Waals surface area contributed by atoms with E-state index in [-0.39, 0.29) is 12.5 Å². The number of hydrogen-bond acceptors (Lipinski definition) is 4. The minimum absolute atomic E-state index is 0.110. The second kappa shape index (κ2) is 6.05. The van der Waals surface area contributed by atoms with Crippen LogP contribution in [0.25, 0.3) is 0 Å². The van der Waals surface area contributed by atoms with E-state index in [2.05, 4.69) is 22.6 Å². The number of nitrogens with two attached hydrogens (primary N) is 1. The number of nitrogens with one attached hydrogen (secondary N) is 1. The number of benzene rings is 1. The third-order valence-electron chi connectivity index (χ3n) is 3.15. The van der Waals surface area contributed by atoms with Crippen LogP contribution in [0.3, 0.4) is 0 Å². The van der Waals surface area contributed by atoms with Crippen molar-refractivity contribution in [3.05, 3.63) is 41.7 Å². The molecule has 21 heavy (non-hydrogen) atoms. The molecule has 0 atom stereocenters. The van der Waals surface area contributed by atoms with Crippen LogP contribution in [-0.4, -0.2) is 20.9 Å². The Bertz CT molecular complexity index is 610. The van der Waals surface area contributed by atoms with Gasteiger partial charge in [-0.25, -0.2) is 4.68 Å². The third-order valence-corrected chi connectivity index (χ3v) is 3.15. The summed E-state index contributed by atoms with van der Waals surface area (Å²) < 4.78 is 1.49. The van der Waals surface area contributed by atoms with E-state index in [0.717, 1.165) is 12.1 Å². The first-order valence-corrected chi connectivity index (χ1v) is 6.97. The Balaban J connectivity index is 1.96. The highest BCUT2D eigenvalue weighted by Gasteiger charge is 2.18. The van der Waals surface area contributed by atoms with Crippen LogP contribution in [0.1, 0.15) is 32.0 Å². The molecule has 1 aromatic carbocycles. The van der Waals surface area contributed by atoms with Crippen LogP contribution in [0, 0.1) is 0 Å². The maximum Gasteiger partial charge on any atom is 0.246 e. The lowest BCUT2D eigenvalue weighted by atomic mass is 10.0. The Hall–Kier alpha value is -2.21. The number of aromatic nitrogens is 3. The molecule has 6 nitrogen and oxygen atoms in total. The number of hydrogen-bond donors (Lipinski definition) is 2. The molecule has 1 heterocycles. The van der Waals surface area contributed by atoms with E-state index in [1.54, 1.807) is 6.20 Å². The molecule has 3 N–H and O–H groups in total. The Labute approximate surface area is 124 Å². The fourth-order valence-electron chi connectivity index (χ4n) is 1.84. The van der Waals surface area contributed by atoms with Crippen molar-refractivity contribution in [3.63, 3.8) is 0 Å². The fourth-order valence-corrected chi connectivity index (χ4v) is 1.84. The Kier molecular flexibility index (Phi) is 4.37. The molecule has 2 rings (SSSR count). The van der Waals surface area contributed by atoms with Crippen LogP contribution in [0.5, 0.6) is 0 Å². The van der Waals surface area contributed by atoms with Gasteiger partial charge in [0.25, 0.3) is 0 Å². The Morgan fingerprint density at radius 2 is 2.00 bits per heavy atom. The van der Waals surface area contributed by atoms with Crippen LogP contribution in [0.2, 0.25) is 0 Å². The predicted octanol–water partition coefficient (Wildman–Crippen LogP) is 1.67. The SMILES string of the molecule is CCc1ccc(NC(=O)Cn2cc(C(C)(C)N)nn2)cc1. The van der Waals surface area contributed by atoms with E-state index in [1.165, 1.54) is 10.2 Å². The molecule has 0 saturated carbocycles. The third kappa shape index (κ3) is 4.13. The van der Waals surface area contributed by atoms with Gasteiger partial charge in [0.05, 0.1) is 11.7 Å². The summed E-state index contributed by atoms with van der Waals surface area (Å²) in [6.07, 6.45) is 2.67. The summed E-state index contributed by atoms with van der Waals surface area (Å²) in [6.45, 7) is 5.89. The lowest BCUT2D eigenvalue weighted by molar-refractivity contribution is -0.116. The van der Waals surface area contributed by atoms with E-state index >= 15 is 0 Å². The Morgan fingerprint density at radius 1 is 1.33 bits per heavy atom. The molecule has 0 aliphatic carbocycles. The molecular weight excluding hydrogens is 266 g/mol. The monoisotopic (exact) mass is 287 g/mol. The van der Waals surface area contributed by atoms with Gasteiger partial charge in [0.1, 0.15) is 12.2 Å². The zero-order valence-electron chi connectivity index (χ0n) is 12.6. The summed E-state index contributed by atoms with van der Waals surface area (Å²) >= 11 is 0. The second-order valence-electron chi connectivity index (χ2n) is 5.62. The number of aryl methyl sites for hydroxylation is 1. The lowest BCUT2D eigenvalue weighted by Gasteiger charge is -2.13.